The van der Waals surface area contributed by atoms with Crippen LogP contribution in [0.3, 0.4) is 0 Å². The van der Waals surface area contributed by atoms with Crippen molar-refractivity contribution >= 4 is 23.2 Å². The molecule has 1 aromatic heterocycles. The molecule has 2 rings (SSSR count). The van der Waals surface area contributed by atoms with Gasteiger partial charge in [0.05, 0.1) is 6.54 Å². The van der Waals surface area contributed by atoms with Crippen molar-refractivity contribution in [2.45, 2.75) is 6.54 Å². The Morgan fingerprint density at radius 1 is 1.33 bits per heavy atom. The van der Waals surface area contributed by atoms with Crippen LogP contribution >= 0.6 is 23.2 Å². The van der Waals surface area contributed by atoms with E-state index in [9.17, 15) is 0 Å². The average molecular weight is 242 g/mol. The van der Waals surface area contributed by atoms with E-state index in [1.54, 1.807) is 23.3 Å². The third-order valence-corrected chi connectivity index (χ3v) is 2.56. The van der Waals surface area contributed by atoms with Crippen molar-refractivity contribution in [2.75, 3.05) is 5.43 Å². The van der Waals surface area contributed by atoms with Gasteiger partial charge in [-0.1, -0.05) is 29.3 Å². The van der Waals surface area contributed by atoms with Crippen LogP contribution in [-0.2, 0) is 6.54 Å². The zero-order chi connectivity index (χ0) is 10.7. The summed E-state index contributed by atoms with van der Waals surface area (Å²) in [5.41, 5.74) is 4.12. The van der Waals surface area contributed by atoms with Crippen LogP contribution in [0.2, 0.25) is 10.0 Å². The number of halogens is 2. The van der Waals surface area contributed by atoms with Crippen LogP contribution in [0.5, 0.6) is 0 Å². The molecule has 78 valence electrons. The van der Waals surface area contributed by atoms with Crippen LogP contribution in [0.4, 0.5) is 0 Å². The lowest BCUT2D eigenvalue weighted by Crippen LogP contribution is -2.12. The van der Waals surface area contributed by atoms with Gasteiger partial charge in [-0.3, -0.25) is 4.68 Å². The highest BCUT2D eigenvalue weighted by Gasteiger charge is 2.00. The minimum absolute atomic E-state index is 0.631. The van der Waals surface area contributed by atoms with E-state index in [-0.39, 0.29) is 0 Å². The molecular weight excluding hydrogens is 233 g/mol. The van der Waals surface area contributed by atoms with E-state index in [2.05, 4.69) is 10.4 Å². The molecule has 2 aromatic rings. The normalized spacial score (nSPS) is 10.3. The maximum Gasteiger partial charge on any atom is 0.114 e. The molecular formula is C10H9Cl2N3. The first kappa shape index (κ1) is 10.3. The molecule has 0 saturated heterocycles. The SMILES string of the molecule is Clc1ccc(CNn2ccnc2)c(Cl)c1. The van der Waals surface area contributed by atoms with E-state index in [0.29, 0.717) is 16.6 Å². The zero-order valence-electron chi connectivity index (χ0n) is 7.82. The molecule has 0 spiro atoms. The Kier molecular flexibility index (Phi) is 3.14. The first-order valence-electron chi connectivity index (χ1n) is 4.41. The molecule has 0 amide bonds. The van der Waals surface area contributed by atoms with E-state index < -0.39 is 0 Å². The minimum atomic E-state index is 0.631. The van der Waals surface area contributed by atoms with Gasteiger partial charge in [-0.2, -0.15) is 0 Å². The average Bonchev–Trinajstić information content (AvgIpc) is 2.69. The topological polar surface area (TPSA) is 29.9 Å². The number of rotatable bonds is 3. The minimum Gasteiger partial charge on any atom is -0.320 e. The van der Waals surface area contributed by atoms with Gasteiger partial charge in [0.15, 0.2) is 0 Å². The van der Waals surface area contributed by atoms with Crippen molar-refractivity contribution in [3.05, 3.63) is 52.5 Å². The quantitative estimate of drug-likeness (QED) is 0.896. The first-order valence-corrected chi connectivity index (χ1v) is 5.17. The van der Waals surface area contributed by atoms with E-state index in [0.717, 1.165) is 5.56 Å². The smallest absolute Gasteiger partial charge is 0.114 e. The van der Waals surface area contributed by atoms with E-state index in [1.165, 1.54) is 0 Å². The van der Waals surface area contributed by atoms with Crippen LogP contribution in [-0.4, -0.2) is 9.66 Å². The third-order valence-electron chi connectivity index (χ3n) is 1.97. The summed E-state index contributed by atoms with van der Waals surface area (Å²) in [5, 5.41) is 1.31. The summed E-state index contributed by atoms with van der Waals surface area (Å²) in [5.74, 6) is 0. The Bertz CT molecular complexity index is 440. The Labute approximate surface area is 97.6 Å². The number of nitrogens with zero attached hydrogens (tertiary/aromatic N) is 2. The fourth-order valence-electron chi connectivity index (χ4n) is 1.19. The lowest BCUT2D eigenvalue weighted by Gasteiger charge is -2.08. The summed E-state index contributed by atoms with van der Waals surface area (Å²) < 4.78 is 1.77. The molecule has 0 saturated carbocycles. The molecule has 3 nitrogen and oxygen atoms in total. The summed E-state index contributed by atoms with van der Waals surface area (Å²) in [6.07, 6.45) is 5.21. The second-order valence-corrected chi connectivity index (χ2v) is 3.88. The molecule has 0 radical (unpaired) electrons. The molecule has 0 fully saturated rings. The van der Waals surface area contributed by atoms with Crippen LogP contribution < -0.4 is 5.43 Å². The van der Waals surface area contributed by atoms with E-state index in [1.807, 2.05) is 18.3 Å². The number of aromatic nitrogens is 2. The van der Waals surface area contributed by atoms with Gasteiger partial charge in [0.2, 0.25) is 0 Å². The van der Waals surface area contributed by atoms with Crippen molar-refractivity contribution < 1.29 is 0 Å². The molecule has 0 aliphatic carbocycles. The Morgan fingerprint density at radius 2 is 2.20 bits per heavy atom. The fourth-order valence-corrected chi connectivity index (χ4v) is 1.67. The number of benzene rings is 1. The Balaban J connectivity index is 2.05. The number of imidazole rings is 1. The molecule has 1 aromatic carbocycles. The Morgan fingerprint density at radius 3 is 2.87 bits per heavy atom. The van der Waals surface area contributed by atoms with Crippen LogP contribution in [0.25, 0.3) is 0 Å². The largest absolute Gasteiger partial charge is 0.320 e. The summed E-state index contributed by atoms with van der Waals surface area (Å²) in [6.45, 7) is 0.631. The molecule has 0 atom stereocenters. The second-order valence-electron chi connectivity index (χ2n) is 3.04. The maximum atomic E-state index is 6.02. The standard InChI is InChI=1S/C10H9Cl2N3/c11-9-2-1-8(10(12)5-9)6-14-15-4-3-13-7-15/h1-5,7,14H,6H2. The third kappa shape index (κ3) is 2.64. The van der Waals surface area contributed by atoms with Gasteiger partial charge >= 0.3 is 0 Å². The predicted molar refractivity (Wildman–Crippen MR) is 61.8 cm³/mol. The first-order chi connectivity index (χ1) is 7.25. The van der Waals surface area contributed by atoms with E-state index >= 15 is 0 Å². The lowest BCUT2D eigenvalue weighted by atomic mass is 10.2. The number of hydrogen-bond donors (Lipinski definition) is 1. The van der Waals surface area contributed by atoms with Gasteiger partial charge in [-0.25, -0.2) is 4.98 Å². The van der Waals surface area contributed by atoms with Crippen LogP contribution in [0, 0.1) is 0 Å². The predicted octanol–water partition coefficient (Wildman–Crippen LogP) is 2.93. The molecule has 1 heterocycles. The van der Waals surface area contributed by atoms with Gasteiger partial charge in [0.25, 0.3) is 0 Å². The van der Waals surface area contributed by atoms with Crippen molar-refractivity contribution in [1.82, 2.24) is 9.66 Å². The molecule has 15 heavy (non-hydrogen) atoms. The Hall–Kier alpha value is -1.19. The summed E-state index contributed by atoms with van der Waals surface area (Å²) >= 11 is 11.8. The molecule has 0 bridgehead atoms. The number of nitrogens with one attached hydrogen (secondary N) is 1. The summed E-state index contributed by atoms with van der Waals surface area (Å²) in [4.78, 5) is 3.92. The fraction of sp³-hybridized carbons (Fsp3) is 0.100. The molecule has 0 unspecified atom stereocenters. The van der Waals surface area contributed by atoms with E-state index in [4.69, 9.17) is 23.2 Å². The second kappa shape index (κ2) is 4.55. The van der Waals surface area contributed by atoms with Crippen molar-refractivity contribution in [3.63, 3.8) is 0 Å². The van der Waals surface area contributed by atoms with Crippen molar-refractivity contribution in [3.8, 4) is 0 Å². The molecule has 0 aliphatic heterocycles. The summed E-state index contributed by atoms with van der Waals surface area (Å²) in [7, 11) is 0. The maximum absolute atomic E-state index is 6.02. The molecule has 1 N–H and O–H groups in total. The lowest BCUT2D eigenvalue weighted by molar-refractivity contribution is 0.839. The van der Waals surface area contributed by atoms with Gasteiger partial charge in [-0.05, 0) is 17.7 Å². The number of hydrogen-bond acceptors (Lipinski definition) is 2. The van der Waals surface area contributed by atoms with Gasteiger partial charge in [0.1, 0.15) is 6.33 Å². The summed E-state index contributed by atoms with van der Waals surface area (Å²) in [6, 6.07) is 5.45. The molecule has 0 aliphatic rings. The zero-order valence-corrected chi connectivity index (χ0v) is 9.33. The molecule has 5 heteroatoms. The van der Waals surface area contributed by atoms with Crippen molar-refractivity contribution in [2.24, 2.45) is 0 Å². The highest BCUT2D eigenvalue weighted by atomic mass is 35.5. The highest BCUT2D eigenvalue weighted by molar-refractivity contribution is 6.35. The van der Waals surface area contributed by atoms with Gasteiger partial charge < -0.3 is 5.43 Å². The monoisotopic (exact) mass is 241 g/mol. The van der Waals surface area contributed by atoms with Crippen LogP contribution in [0.15, 0.2) is 36.9 Å². The van der Waals surface area contributed by atoms with Gasteiger partial charge in [-0.15, -0.1) is 0 Å². The van der Waals surface area contributed by atoms with Crippen molar-refractivity contribution in [1.29, 1.82) is 0 Å². The van der Waals surface area contributed by atoms with Gasteiger partial charge in [0, 0.05) is 22.4 Å². The van der Waals surface area contributed by atoms with Crippen LogP contribution in [0.1, 0.15) is 5.56 Å². The highest BCUT2D eigenvalue weighted by Crippen LogP contribution is 2.20.